The van der Waals surface area contributed by atoms with Crippen molar-refractivity contribution in [3.05, 3.63) is 54.4 Å². The maximum atomic E-state index is 11.8. The van der Waals surface area contributed by atoms with E-state index in [2.05, 4.69) is 17.2 Å². The average Bonchev–Trinajstić information content (AvgIpc) is 2.50. The predicted molar refractivity (Wildman–Crippen MR) is 79.0 cm³/mol. The van der Waals surface area contributed by atoms with Crippen molar-refractivity contribution in [2.45, 2.75) is 19.8 Å². The van der Waals surface area contributed by atoms with Gasteiger partial charge in [0.15, 0.2) is 0 Å². The monoisotopic (exact) mass is 270 g/mol. The number of esters is 1. The Morgan fingerprint density at radius 1 is 1.25 bits per heavy atom. The van der Waals surface area contributed by atoms with E-state index in [-0.39, 0.29) is 0 Å². The highest BCUT2D eigenvalue weighted by Crippen LogP contribution is 2.17. The molecule has 4 nitrogen and oxygen atoms in total. The van der Waals surface area contributed by atoms with E-state index in [1.165, 1.54) is 6.20 Å². The lowest BCUT2D eigenvalue weighted by atomic mass is 10.2. The zero-order valence-electron chi connectivity index (χ0n) is 11.5. The summed E-state index contributed by atoms with van der Waals surface area (Å²) in [5, 5.41) is 3.31. The molecule has 20 heavy (non-hydrogen) atoms. The fourth-order valence-electron chi connectivity index (χ4n) is 1.70. The molecule has 1 N–H and O–H groups in total. The van der Waals surface area contributed by atoms with Crippen LogP contribution in [0.25, 0.3) is 0 Å². The molecule has 104 valence electrons. The van der Waals surface area contributed by atoms with Crippen molar-refractivity contribution in [1.29, 1.82) is 0 Å². The van der Waals surface area contributed by atoms with Crippen molar-refractivity contribution >= 4 is 11.7 Å². The second-order valence-corrected chi connectivity index (χ2v) is 4.44. The van der Waals surface area contributed by atoms with Gasteiger partial charge in [-0.3, -0.25) is 4.98 Å². The quantitative estimate of drug-likeness (QED) is 0.496. The van der Waals surface area contributed by atoms with Gasteiger partial charge in [-0.15, -0.1) is 0 Å². The highest BCUT2D eigenvalue weighted by atomic mass is 16.5. The van der Waals surface area contributed by atoms with Gasteiger partial charge in [-0.05, 0) is 42.8 Å². The van der Waals surface area contributed by atoms with Crippen LogP contribution in [0.3, 0.4) is 0 Å². The molecule has 0 aliphatic heterocycles. The fourth-order valence-corrected chi connectivity index (χ4v) is 1.70. The molecule has 1 aromatic heterocycles. The molecule has 0 saturated carbocycles. The number of carbonyl (C=O) groups is 1. The van der Waals surface area contributed by atoms with Crippen LogP contribution < -0.4 is 10.1 Å². The number of pyridine rings is 1. The first-order valence-electron chi connectivity index (χ1n) is 6.75. The van der Waals surface area contributed by atoms with Crippen LogP contribution in [0, 0.1) is 0 Å². The number of hydrogen-bond acceptors (Lipinski definition) is 4. The molecule has 0 bridgehead atoms. The number of benzene rings is 1. The molecule has 0 amide bonds. The number of anilines is 1. The van der Waals surface area contributed by atoms with E-state index in [0.717, 1.165) is 25.1 Å². The molecule has 0 saturated heterocycles. The van der Waals surface area contributed by atoms with Crippen molar-refractivity contribution in [3.63, 3.8) is 0 Å². The van der Waals surface area contributed by atoms with Gasteiger partial charge < -0.3 is 10.1 Å². The Bertz CT molecular complexity index is 538. The van der Waals surface area contributed by atoms with Crippen LogP contribution in [-0.2, 0) is 0 Å². The maximum Gasteiger partial charge on any atom is 0.345 e. The van der Waals surface area contributed by atoms with Crippen molar-refractivity contribution in [2.24, 2.45) is 0 Å². The number of ether oxygens (including phenoxy) is 1. The van der Waals surface area contributed by atoms with Gasteiger partial charge in [-0.2, -0.15) is 0 Å². The number of hydrogen-bond donors (Lipinski definition) is 1. The molecule has 4 heteroatoms. The molecule has 0 unspecified atom stereocenters. The summed E-state index contributed by atoms with van der Waals surface area (Å²) in [6.45, 7) is 3.11. The number of carbonyl (C=O) groups excluding carboxylic acids is 1. The second-order valence-electron chi connectivity index (χ2n) is 4.44. The number of aromatic nitrogens is 1. The Balaban J connectivity index is 1.92. The number of nitrogens with one attached hydrogen (secondary N) is 1. The Morgan fingerprint density at radius 2 is 2.05 bits per heavy atom. The third-order valence-electron chi connectivity index (χ3n) is 2.82. The van der Waals surface area contributed by atoms with Crippen LogP contribution >= 0.6 is 0 Å². The molecular formula is C16H18N2O2. The molecule has 2 aromatic rings. The Labute approximate surface area is 118 Å². The standard InChI is InChI=1S/C16H18N2O2/c1-2-3-11-18-14-6-8-15(9-7-14)20-16(19)13-5-4-10-17-12-13/h4-10,12,18H,2-3,11H2,1H3. The van der Waals surface area contributed by atoms with Crippen molar-refractivity contribution in [2.75, 3.05) is 11.9 Å². The summed E-state index contributed by atoms with van der Waals surface area (Å²) < 4.78 is 5.27. The van der Waals surface area contributed by atoms with Crippen LogP contribution in [0.15, 0.2) is 48.8 Å². The van der Waals surface area contributed by atoms with Gasteiger partial charge in [0.05, 0.1) is 5.56 Å². The van der Waals surface area contributed by atoms with Gasteiger partial charge in [0, 0.05) is 24.6 Å². The summed E-state index contributed by atoms with van der Waals surface area (Å²) in [7, 11) is 0. The van der Waals surface area contributed by atoms with Gasteiger partial charge in [-0.1, -0.05) is 13.3 Å². The Kier molecular flexibility index (Phi) is 5.12. The molecule has 0 spiro atoms. The molecule has 0 aliphatic carbocycles. The van der Waals surface area contributed by atoms with E-state index in [1.54, 1.807) is 30.5 Å². The topological polar surface area (TPSA) is 51.2 Å². The smallest absolute Gasteiger partial charge is 0.345 e. The van der Waals surface area contributed by atoms with Crippen molar-refractivity contribution in [1.82, 2.24) is 4.98 Å². The number of unbranched alkanes of at least 4 members (excludes halogenated alkanes) is 1. The zero-order valence-corrected chi connectivity index (χ0v) is 11.5. The third-order valence-corrected chi connectivity index (χ3v) is 2.82. The first-order chi connectivity index (χ1) is 9.79. The molecule has 0 radical (unpaired) electrons. The van der Waals surface area contributed by atoms with Crippen molar-refractivity contribution in [3.8, 4) is 5.75 Å². The van der Waals surface area contributed by atoms with E-state index >= 15 is 0 Å². The van der Waals surface area contributed by atoms with E-state index in [0.29, 0.717) is 11.3 Å². The molecule has 0 atom stereocenters. The van der Waals surface area contributed by atoms with Crippen LogP contribution in [0.1, 0.15) is 30.1 Å². The zero-order chi connectivity index (χ0) is 14.2. The molecule has 1 aromatic carbocycles. The lowest BCUT2D eigenvalue weighted by Crippen LogP contribution is -2.08. The summed E-state index contributed by atoms with van der Waals surface area (Å²) in [6, 6.07) is 10.8. The minimum absolute atomic E-state index is 0.398. The van der Waals surface area contributed by atoms with E-state index in [9.17, 15) is 4.79 Å². The minimum atomic E-state index is -0.398. The van der Waals surface area contributed by atoms with Gasteiger partial charge in [-0.25, -0.2) is 4.79 Å². The van der Waals surface area contributed by atoms with Gasteiger partial charge in [0.1, 0.15) is 5.75 Å². The summed E-state index contributed by atoms with van der Waals surface area (Å²) in [4.78, 5) is 15.7. The first-order valence-corrected chi connectivity index (χ1v) is 6.75. The molecule has 0 fully saturated rings. The largest absolute Gasteiger partial charge is 0.423 e. The number of nitrogens with zero attached hydrogens (tertiary/aromatic N) is 1. The second kappa shape index (κ2) is 7.28. The lowest BCUT2D eigenvalue weighted by Gasteiger charge is -2.07. The minimum Gasteiger partial charge on any atom is -0.423 e. The summed E-state index contributed by atoms with van der Waals surface area (Å²) >= 11 is 0. The van der Waals surface area contributed by atoms with Crippen LogP contribution in [0.4, 0.5) is 5.69 Å². The highest BCUT2D eigenvalue weighted by Gasteiger charge is 2.07. The van der Waals surface area contributed by atoms with Gasteiger partial charge >= 0.3 is 5.97 Å². The van der Waals surface area contributed by atoms with Gasteiger partial charge in [0.25, 0.3) is 0 Å². The van der Waals surface area contributed by atoms with Gasteiger partial charge in [0.2, 0.25) is 0 Å². The van der Waals surface area contributed by atoms with Crippen molar-refractivity contribution < 1.29 is 9.53 Å². The molecule has 1 heterocycles. The maximum absolute atomic E-state index is 11.8. The Morgan fingerprint density at radius 3 is 2.70 bits per heavy atom. The van der Waals surface area contributed by atoms with Crippen LogP contribution in [0.5, 0.6) is 5.75 Å². The Hall–Kier alpha value is -2.36. The normalized spacial score (nSPS) is 10.1. The van der Waals surface area contributed by atoms with E-state index < -0.39 is 5.97 Å². The molecule has 0 aliphatic rings. The summed E-state index contributed by atoms with van der Waals surface area (Å²) in [6.07, 6.45) is 5.40. The first kappa shape index (κ1) is 14.1. The van der Waals surface area contributed by atoms with E-state index in [4.69, 9.17) is 4.74 Å². The SMILES string of the molecule is CCCCNc1ccc(OC(=O)c2cccnc2)cc1. The average molecular weight is 270 g/mol. The van der Waals surface area contributed by atoms with E-state index in [1.807, 2.05) is 12.1 Å². The predicted octanol–water partition coefficient (Wildman–Crippen LogP) is 3.51. The van der Waals surface area contributed by atoms with Crippen LogP contribution in [-0.4, -0.2) is 17.5 Å². The number of rotatable bonds is 6. The molecular weight excluding hydrogens is 252 g/mol. The van der Waals surface area contributed by atoms with Crippen LogP contribution in [0.2, 0.25) is 0 Å². The third kappa shape index (κ3) is 4.09. The lowest BCUT2D eigenvalue weighted by molar-refractivity contribution is 0.0734. The summed E-state index contributed by atoms with van der Waals surface area (Å²) in [5.41, 5.74) is 1.47. The fraction of sp³-hybridized carbons (Fsp3) is 0.250. The molecule has 2 rings (SSSR count). The highest BCUT2D eigenvalue weighted by molar-refractivity contribution is 5.90. The summed E-state index contributed by atoms with van der Waals surface area (Å²) in [5.74, 6) is 0.129.